The predicted octanol–water partition coefficient (Wildman–Crippen LogP) is 15.8. The number of hydrogen-bond acceptors (Lipinski definition) is 6. The number of fused-ring (bicyclic) bond motifs is 6. The van der Waals surface area contributed by atoms with Gasteiger partial charge in [-0.15, -0.1) is 0 Å². The van der Waals surface area contributed by atoms with E-state index in [4.69, 9.17) is 0 Å². The van der Waals surface area contributed by atoms with Crippen LogP contribution in [0.4, 0.5) is 68.2 Å². The van der Waals surface area contributed by atoms with E-state index in [2.05, 4.69) is 239 Å². The normalized spacial score (nSPS) is 13.4. The Labute approximate surface area is 403 Å². The predicted molar refractivity (Wildman–Crippen MR) is 284 cm³/mol. The highest BCUT2D eigenvalue weighted by atomic mass is 79.9. The van der Waals surface area contributed by atoms with Gasteiger partial charge in [-0.05, 0) is 111 Å². The lowest BCUT2D eigenvalue weighted by molar-refractivity contribution is 0.723. The van der Waals surface area contributed by atoms with Crippen molar-refractivity contribution < 1.29 is 0 Å². The van der Waals surface area contributed by atoms with Gasteiger partial charge >= 0.3 is 0 Å². The Morgan fingerprint density at radius 1 is 0.210 bits per heavy atom. The maximum absolute atomic E-state index is 3.63. The second-order valence-corrected chi connectivity index (χ2v) is 18.9. The van der Waals surface area contributed by atoms with Gasteiger partial charge in [0.1, 0.15) is 0 Å². The van der Waals surface area contributed by atoms with Crippen LogP contribution < -0.4 is 29.4 Å². The van der Waals surface area contributed by atoms with Crippen molar-refractivity contribution in [1.82, 2.24) is 0 Å². The zero-order chi connectivity index (χ0) is 42.7. The van der Waals surface area contributed by atoms with Gasteiger partial charge in [0.15, 0.2) is 0 Å². The molecule has 62 heavy (non-hydrogen) atoms. The number of unbranched alkanes of at least 4 members (excludes halogenated alkanes) is 1. The third-order valence-corrected chi connectivity index (χ3v) is 14.1. The maximum Gasteiger partial charge on any atom is 0.0652 e. The molecule has 0 aliphatic carbocycles. The molecule has 9 rings (SSSR count). The van der Waals surface area contributed by atoms with E-state index in [1.807, 2.05) is 0 Å². The molecular weight excluding hydrogens is 1030 g/mol. The number of rotatable bonds is 17. The van der Waals surface area contributed by atoms with Gasteiger partial charge in [-0.1, -0.05) is 137 Å². The van der Waals surface area contributed by atoms with E-state index in [-0.39, 0.29) is 0 Å². The van der Waals surface area contributed by atoms with Crippen LogP contribution in [0.2, 0.25) is 0 Å². The molecule has 3 aliphatic heterocycles. The summed E-state index contributed by atoms with van der Waals surface area (Å²) in [6, 6.07) is 53.1. The van der Waals surface area contributed by atoms with Crippen molar-refractivity contribution in [3.63, 3.8) is 0 Å². The Hall–Kier alpha value is -3.96. The Balaban J connectivity index is 0.000000203. The van der Waals surface area contributed by atoms with Gasteiger partial charge in [-0.2, -0.15) is 0 Å². The molecular formula is C52H56Br4N6. The minimum absolute atomic E-state index is 0.995. The summed E-state index contributed by atoms with van der Waals surface area (Å²) in [4.78, 5) is 15.0. The molecule has 0 radical (unpaired) electrons. The van der Waals surface area contributed by atoms with E-state index in [1.54, 1.807) is 0 Å². The van der Waals surface area contributed by atoms with Gasteiger partial charge in [-0.25, -0.2) is 0 Å². The molecule has 0 fully saturated rings. The van der Waals surface area contributed by atoms with Crippen LogP contribution in [0.15, 0.2) is 146 Å². The molecule has 0 N–H and O–H groups in total. The van der Waals surface area contributed by atoms with E-state index in [9.17, 15) is 0 Å². The fraction of sp³-hybridized carbons (Fsp3) is 0.308. The second-order valence-electron chi connectivity index (χ2n) is 15.7. The van der Waals surface area contributed by atoms with Crippen LogP contribution in [0.5, 0.6) is 0 Å². The lowest BCUT2D eigenvalue weighted by atomic mass is 10.0. The molecule has 3 heterocycles. The third kappa shape index (κ3) is 9.59. The van der Waals surface area contributed by atoms with Crippen molar-refractivity contribution in [3.8, 4) is 0 Å². The van der Waals surface area contributed by atoms with Crippen LogP contribution in [0, 0.1) is 0 Å². The smallest absolute Gasteiger partial charge is 0.0652 e. The Morgan fingerprint density at radius 3 is 0.468 bits per heavy atom. The van der Waals surface area contributed by atoms with Crippen LogP contribution in [-0.2, 0) is 0 Å². The van der Waals surface area contributed by atoms with Crippen LogP contribution in [-0.4, -0.2) is 60.6 Å². The number of alkyl halides is 4. The largest absolute Gasteiger partial charge is 0.338 e. The molecule has 10 heteroatoms. The zero-order valence-electron chi connectivity index (χ0n) is 35.4. The lowest BCUT2D eigenvalue weighted by Gasteiger charge is -2.41. The Morgan fingerprint density at radius 2 is 0.339 bits per heavy atom. The van der Waals surface area contributed by atoms with Crippen LogP contribution in [0.25, 0.3) is 0 Å². The van der Waals surface area contributed by atoms with Crippen molar-refractivity contribution in [3.05, 3.63) is 146 Å². The van der Waals surface area contributed by atoms with Gasteiger partial charge in [0.25, 0.3) is 0 Å². The minimum atomic E-state index is 0.995. The average Bonchev–Trinajstić information content (AvgIpc) is 3.33. The highest BCUT2D eigenvalue weighted by molar-refractivity contribution is 9.09. The van der Waals surface area contributed by atoms with E-state index < -0.39 is 0 Å². The highest BCUT2D eigenvalue weighted by Crippen LogP contribution is 2.50. The Bertz CT molecular complexity index is 2070. The molecule has 0 spiro atoms. The zero-order valence-corrected chi connectivity index (χ0v) is 41.7. The fourth-order valence-corrected chi connectivity index (χ4v) is 10.2. The van der Waals surface area contributed by atoms with Gasteiger partial charge in [0.2, 0.25) is 0 Å². The average molecular weight is 1080 g/mol. The summed E-state index contributed by atoms with van der Waals surface area (Å²) in [7, 11) is 0. The van der Waals surface area contributed by atoms with Crippen molar-refractivity contribution in [1.29, 1.82) is 0 Å². The van der Waals surface area contributed by atoms with Gasteiger partial charge < -0.3 is 29.4 Å². The number of hydrogen-bond donors (Lipinski definition) is 0. The van der Waals surface area contributed by atoms with Crippen LogP contribution >= 0.6 is 63.7 Å². The summed E-state index contributed by atoms with van der Waals surface area (Å²) in [6.07, 6.45) is 6.69. The molecule has 0 atom stereocenters. The van der Waals surface area contributed by atoms with Gasteiger partial charge in [0, 0.05) is 60.6 Å². The molecule has 6 nitrogen and oxygen atoms in total. The summed E-state index contributed by atoms with van der Waals surface area (Å²) in [5.41, 5.74) is 15.8. The summed E-state index contributed by atoms with van der Waals surface area (Å²) in [5, 5.41) is 4.07. The fourth-order valence-electron chi connectivity index (χ4n) is 9.16. The van der Waals surface area contributed by atoms with Gasteiger partial charge in [0.05, 0.1) is 68.2 Å². The van der Waals surface area contributed by atoms with E-state index in [0.717, 1.165) is 99.1 Å². The molecule has 6 aromatic carbocycles. The first-order valence-corrected chi connectivity index (χ1v) is 26.6. The molecule has 0 unspecified atom stereocenters. The number of anilines is 12. The standard InChI is InChI=1S/C34H36Br2N4.C18H20Br2N2/c35-21-11-25-39-31-17-5-1-13-27(31)37(28-14-2-6-18-32(28)39)23-9-10-24-38-29-15-3-7-19-33(29)40(26-12-22-36)34-20-8-4-16-30(34)38;19-11-5-13-21-15-7-1-2-8-16(15)22(14-6-12-20)18-10-4-3-9-17(18)21/h1-8,13-20H,9-12,21-26H2;1-4,7-10H,5-6,11-14H2. The molecule has 0 bridgehead atoms. The Kier molecular flexibility index (Phi) is 15.9. The molecule has 3 aliphatic rings. The van der Waals surface area contributed by atoms with Gasteiger partial charge in [-0.3, -0.25) is 0 Å². The summed E-state index contributed by atoms with van der Waals surface area (Å²) in [6.45, 7) is 6.07. The molecule has 0 amide bonds. The lowest BCUT2D eigenvalue weighted by Crippen LogP contribution is -2.32. The van der Waals surface area contributed by atoms with Crippen molar-refractivity contribution in [2.75, 3.05) is 90.0 Å². The highest BCUT2D eigenvalue weighted by Gasteiger charge is 2.30. The summed E-state index contributed by atoms with van der Waals surface area (Å²) in [5.74, 6) is 0. The maximum atomic E-state index is 3.63. The number of nitrogens with zero attached hydrogens (tertiary/aromatic N) is 6. The topological polar surface area (TPSA) is 19.4 Å². The van der Waals surface area contributed by atoms with Crippen LogP contribution in [0.3, 0.4) is 0 Å². The first-order valence-electron chi connectivity index (χ1n) is 22.1. The van der Waals surface area contributed by atoms with E-state index in [1.165, 1.54) is 68.2 Å². The first kappa shape index (κ1) is 44.6. The van der Waals surface area contributed by atoms with Crippen molar-refractivity contribution >= 4 is 132 Å². The number of benzene rings is 6. The van der Waals surface area contributed by atoms with E-state index in [0.29, 0.717) is 0 Å². The van der Waals surface area contributed by atoms with Crippen molar-refractivity contribution in [2.24, 2.45) is 0 Å². The van der Waals surface area contributed by atoms with Crippen molar-refractivity contribution in [2.45, 2.75) is 38.5 Å². The molecule has 0 saturated heterocycles. The summed E-state index contributed by atoms with van der Waals surface area (Å²) < 4.78 is 0. The minimum Gasteiger partial charge on any atom is -0.338 e. The third-order valence-electron chi connectivity index (χ3n) is 11.9. The SMILES string of the molecule is BrCCCN1c2ccccc2N(CCCBr)c2ccccc21.BrCCCN1c2ccccc2N(CCCCN2c3ccccc3N(CCCBr)c3ccccc32)c2ccccc21. The quantitative estimate of drug-likeness (QED) is 0.0665. The summed E-state index contributed by atoms with van der Waals surface area (Å²) >= 11 is 14.4. The molecule has 0 saturated carbocycles. The molecule has 6 aromatic rings. The van der Waals surface area contributed by atoms with Crippen LogP contribution in [0.1, 0.15) is 38.5 Å². The number of halogens is 4. The molecule has 0 aromatic heterocycles. The second kappa shape index (κ2) is 22.1. The molecule has 322 valence electrons. The monoisotopic (exact) mass is 1080 g/mol. The number of para-hydroxylation sites is 12. The van der Waals surface area contributed by atoms with E-state index >= 15 is 0 Å². The first-order chi connectivity index (χ1) is 30.7.